The number of aromatic carboxylic acids is 1. The molecule has 21 heavy (non-hydrogen) atoms. The van der Waals surface area contributed by atoms with E-state index in [1.807, 2.05) is 0 Å². The topological polar surface area (TPSA) is 68.3 Å². The smallest absolute Gasteiger partial charge is 0.356 e. The maximum atomic E-state index is 13.9. The van der Waals surface area contributed by atoms with Gasteiger partial charge in [-0.1, -0.05) is 12.1 Å². The summed E-state index contributed by atoms with van der Waals surface area (Å²) in [6, 6.07) is 10.8. The van der Waals surface area contributed by atoms with Gasteiger partial charge >= 0.3 is 5.97 Å². The lowest BCUT2D eigenvalue weighted by molar-refractivity contribution is 0.0690. The Labute approximate surface area is 119 Å². The molecular formula is C15H11FN2O3. The van der Waals surface area contributed by atoms with Gasteiger partial charge in [0.1, 0.15) is 23.0 Å². The zero-order chi connectivity index (χ0) is 15.0. The molecule has 6 heteroatoms. The average molecular weight is 286 g/mol. The number of halogens is 1. The van der Waals surface area contributed by atoms with E-state index in [1.54, 1.807) is 31.2 Å². The SMILES string of the molecule is Cc1ccc(-c2cc(C(=O)O)nn2-c2ccccc2F)o1. The first-order chi connectivity index (χ1) is 10.1. The van der Waals surface area contributed by atoms with Gasteiger partial charge in [-0.05, 0) is 31.2 Å². The van der Waals surface area contributed by atoms with Crippen LogP contribution in [-0.4, -0.2) is 20.9 Å². The number of para-hydroxylation sites is 1. The van der Waals surface area contributed by atoms with Crippen molar-refractivity contribution < 1.29 is 18.7 Å². The summed E-state index contributed by atoms with van der Waals surface area (Å²) in [6.07, 6.45) is 0. The number of benzene rings is 1. The highest BCUT2D eigenvalue weighted by Crippen LogP contribution is 2.26. The van der Waals surface area contributed by atoms with Crippen molar-refractivity contribution in [2.75, 3.05) is 0 Å². The van der Waals surface area contributed by atoms with Gasteiger partial charge in [0.15, 0.2) is 11.5 Å². The number of hydrogen-bond acceptors (Lipinski definition) is 3. The summed E-state index contributed by atoms with van der Waals surface area (Å²) >= 11 is 0. The van der Waals surface area contributed by atoms with Crippen LogP contribution >= 0.6 is 0 Å². The van der Waals surface area contributed by atoms with Crippen molar-refractivity contribution in [3.8, 4) is 17.1 Å². The molecule has 0 spiro atoms. The van der Waals surface area contributed by atoms with E-state index in [-0.39, 0.29) is 11.4 Å². The monoisotopic (exact) mass is 286 g/mol. The van der Waals surface area contributed by atoms with E-state index >= 15 is 0 Å². The van der Waals surface area contributed by atoms with E-state index in [2.05, 4.69) is 5.10 Å². The number of carboxylic acids is 1. The molecule has 0 radical (unpaired) electrons. The minimum Gasteiger partial charge on any atom is -0.476 e. The van der Waals surface area contributed by atoms with Crippen molar-refractivity contribution in [3.05, 3.63) is 59.7 Å². The van der Waals surface area contributed by atoms with Crippen LogP contribution in [0.4, 0.5) is 4.39 Å². The average Bonchev–Trinajstić information content (AvgIpc) is 3.05. The first kappa shape index (κ1) is 13.1. The second-order valence-corrected chi connectivity index (χ2v) is 4.49. The molecule has 0 aliphatic carbocycles. The number of rotatable bonds is 3. The Bertz CT molecular complexity index is 820. The Morgan fingerprint density at radius 2 is 2.05 bits per heavy atom. The van der Waals surface area contributed by atoms with Gasteiger partial charge in [0, 0.05) is 6.07 Å². The molecule has 0 atom stereocenters. The van der Waals surface area contributed by atoms with Crippen LogP contribution in [0.2, 0.25) is 0 Å². The molecular weight excluding hydrogens is 275 g/mol. The van der Waals surface area contributed by atoms with Crippen molar-refractivity contribution in [2.24, 2.45) is 0 Å². The van der Waals surface area contributed by atoms with Gasteiger partial charge in [-0.25, -0.2) is 13.9 Å². The lowest BCUT2D eigenvalue weighted by Crippen LogP contribution is -2.04. The van der Waals surface area contributed by atoms with Gasteiger partial charge in [-0.15, -0.1) is 0 Å². The number of aromatic nitrogens is 2. The third-order valence-corrected chi connectivity index (χ3v) is 3.00. The van der Waals surface area contributed by atoms with Crippen LogP contribution in [0, 0.1) is 12.7 Å². The summed E-state index contributed by atoms with van der Waals surface area (Å²) in [5.41, 5.74) is 0.363. The second-order valence-electron chi connectivity index (χ2n) is 4.49. The van der Waals surface area contributed by atoms with Crippen molar-refractivity contribution in [1.82, 2.24) is 9.78 Å². The molecule has 5 nitrogen and oxygen atoms in total. The fourth-order valence-corrected chi connectivity index (χ4v) is 2.04. The summed E-state index contributed by atoms with van der Waals surface area (Å²) in [6.45, 7) is 1.77. The van der Waals surface area contributed by atoms with Crippen LogP contribution in [0.5, 0.6) is 0 Å². The molecule has 0 saturated heterocycles. The van der Waals surface area contributed by atoms with Gasteiger partial charge < -0.3 is 9.52 Å². The quantitative estimate of drug-likeness (QED) is 0.802. The van der Waals surface area contributed by atoms with E-state index in [9.17, 15) is 9.18 Å². The third-order valence-electron chi connectivity index (χ3n) is 3.00. The Morgan fingerprint density at radius 3 is 2.67 bits per heavy atom. The summed E-state index contributed by atoms with van der Waals surface area (Å²) in [5.74, 6) is -0.587. The van der Waals surface area contributed by atoms with Crippen LogP contribution in [0.1, 0.15) is 16.2 Å². The summed E-state index contributed by atoms with van der Waals surface area (Å²) < 4.78 is 20.7. The molecule has 0 amide bonds. The van der Waals surface area contributed by atoms with Gasteiger partial charge in [-0.3, -0.25) is 0 Å². The lowest BCUT2D eigenvalue weighted by Gasteiger charge is -2.06. The maximum absolute atomic E-state index is 13.9. The third kappa shape index (κ3) is 2.31. The summed E-state index contributed by atoms with van der Waals surface area (Å²) in [5, 5.41) is 13.0. The van der Waals surface area contributed by atoms with E-state index in [0.29, 0.717) is 17.2 Å². The Hall–Kier alpha value is -2.89. The first-order valence-corrected chi connectivity index (χ1v) is 6.21. The van der Waals surface area contributed by atoms with E-state index in [4.69, 9.17) is 9.52 Å². The standard InChI is InChI=1S/C15H11FN2O3/c1-9-6-7-14(21-9)13-8-11(15(19)20)17-18(13)12-5-3-2-4-10(12)16/h2-8H,1H3,(H,19,20). The highest BCUT2D eigenvalue weighted by Gasteiger charge is 2.19. The molecule has 106 valence electrons. The van der Waals surface area contributed by atoms with Crippen molar-refractivity contribution >= 4 is 5.97 Å². The fourth-order valence-electron chi connectivity index (χ4n) is 2.04. The molecule has 2 heterocycles. The predicted octanol–water partition coefficient (Wildman–Crippen LogP) is 3.28. The number of hydrogen-bond donors (Lipinski definition) is 1. The molecule has 0 saturated carbocycles. The van der Waals surface area contributed by atoms with Gasteiger partial charge in [-0.2, -0.15) is 5.10 Å². The molecule has 2 aromatic heterocycles. The van der Waals surface area contributed by atoms with Crippen molar-refractivity contribution in [3.63, 3.8) is 0 Å². The number of furan rings is 1. The van der Waals surface area contributed by atoms with Gasteiger partial charge in [0.25, 0.3) is 0 Å². The Morgan fingerprint density at radius 1 is 1.29 bits per heavy atom. The zero-order valence-corrected chi connectivity index (χ0v) is 11.1. The van der Waals surface area contributed by atoms with Crippen LogP contribution < -0.4 is 0 Å². The molecule has 3 aromatic rings. The van der Waals surface area contributed by atoms with Crippen LogP contribution in [0.15, 0.2) is 46.9 Å². The number of nitrogens with zero attached hydrogens (tertiary/aromatic N) is 2. The van der Waals surface area contributed by atoms with Crippen LogP contribution in [0.25, 0.3) is 17.1 Å². The molecule has 0 fully saturated rings. The van der Waals surface area contributed by atoms with Crippen LogP contribution in [0.3, 0.4) is 0 Å². The molecule has 1 N–H and O–H groups in total. The largest absolute Gasteiger partial charge is 0.476 e. The minimum atomic E-state index is -1.19. The zero-order valence-electron chi connectivity index (χ0n) is 11.1. The lowest BCUT2D eigenvalue weighted by atomic mass is 10.2. The molecule has 0 aliphatic heterocycles. The normalized spacial score (nSPS) is 10.8. The molecule has 0 aliphatic rings. The first-order valence-electron chi connectivity index (χ1n) is 6.21. The van der Waals surface area contributed by atoms with E-state index < -0.39 is 11.8 Å². The highest BCUT2D eigenvalue weighted by atomic mass is 19.1. The highest BCUT2D eigenvalue weighted by molar-refractivity contribution is 5.87. The summed E-state index contributed by atoms with van der Waals surface area (Å²) in [7, 11) is 0. The van der Waals surface area contributed by atoms with E-state index in [1.165, 1.54) is 22.9 Å². The Balaban J connectivity index is 2.24. The Kier molecular flexibility index (Phi) is 3.06. The van der Waals surface area contributed by atoms with Crippen LogP contribution in [-0.2, 0) is 0 Å². The molecule has 0 bridgehead atoms. The van der Waals surface area contributed by atoms with E-state index in [0.717, 1.165) is 0 Å². The molecule has 1 aromatic carbocycles. The van der Waals surface area contributed by atoms with Crippen molar-refractivity contribution in [2.45, 2.75) is 6.92 Å². The number of carboxylic acid groups (broad SMARTS) is 1. The van der Waals surface area contributed by atoms with Crippen molar-refractivity contribution in [1.29, 1.82) is 0 Å². The minimum absolute atomic E-state index is 0.161. The molecule has 3 rings (SSSR count). The van der Waals surface area contributed by atoms with Gasteiger partial charge in [0.2, 0.25) is 0 Å². The van der Waals surface area contributed by atoms with Gasteiger partial charge in [0.05, 0.1) is 0 Å². The summed E-state index contributed by atoms with van der Waals surface area (Å²) in [4.78, 5) is 11.1. The fraction of sp³-hybridized carbons (Fsp3) is 0.0667. The molecule has 0 unspecified atom stereocenters. The number of carbonyl (C=O) groups is 1. The maximum Gasteiger partial charge on any atom is 0.356 e. The number of aryl methyl sites for hydroxylation is 1. The second kappa shape index (κ2) is 4.90. The predicted molar refractivity (Wildman–Crippen MR) is 72.9 cm³/mol.